The molecule has 0 aliphatic rings. The van der Waals surface area contributed by atoms with Gasteiger partial charge in [0.15, 0.2) is 5.75 Å². The van der Waals surface area contributed by atoms with Crippen LogP contribution in [-0.2, 0) is 6.42 Å². The van der Waals surface area contributed by atoms with Crippen molar-refractivity contribution in [1.29, 1.82) is 0 Å². The lowest BCUT2D eigenvalue weighted by Crippen LogP contribution is -2.30. The minimum atomic E-state index is -0.431. The third kappa shape index (κ3) is 4.55. The van der Waals surface area contributed by atoms with Gasteiger partial charge in [-0.2, -0.15) is 0 Å². The number of carbonyl (C=O) groups excluding carboxylic acids is 1. The molecule has 0 atom stereocenters. The fourth-order valence-electron chi connectivity index (χ4n) is 1.79. The molecule has 0 saturated heterocycles. The van der Waals surface area contributed by atoms with Crippen LogP contribution in [0.15, 0.2) is 42.5 Å². The highest BCUT2D eigenvalue weighted by Crippen LogP contribution is 2.34. The van der Waals surface area contributed by atoms with E-state index < -0.39 is 6.03 Å². The van der Waals surface area contributed by atoms with Crippen LogP contribution in [0.25, 0.3) is 0 Å². The Bertz CT molecular complexity index is 633. The molecule has 21 heavy (non-hydrogen) atoms. The first-order chi connectivity index (χ1) is 10.1. The van der Waals surface area contributed by atoms with E-state index in [0.717, 1.165) is 12.0 Å². The van der Waals surface area contributed by atoms with E-state index in [1.165, 1.54) is 12.1 Å². The summed E-state index contributed by atoms with van der Waals surface area (Å²) in [5, 5.41) is 15.4. The molecular formula is C15H14Cl2N2O2. The SMILES string of the molecule is O=C(NCCc1ccccc1)Nc1cc(Cl)cc(Cl)c1O. The maximum absolute atomic E-state index is 11.8. The molecule has 0 fully saturated rings. The second-order valence-corrected chi connectivity index (χ2v) is 5.24. The standard InChI is InChI=1S/C15H14Cl2N2O2/c16-11-8-12(17)14(20)13(9-11)19-15(21)18-7-6-10-4-2-1-3-5-10/h1-5,8-9,20H,6-7H2,(H2,18,19,21). The van der Waals surface area contributed by atoms with Crippen molar-refractivity contribution in [3.05, 3.63) is 58.1 Å². The highest BCUT2D eigenvalue weighted by molar-refractivity contribution is 6.36. The number of anilines is 1. The average molecular weight is 325 g/mol. The second-order valence-electron chi connectivity index (χ2n) is 4.40. The summed E-state index contributed by atoms with van der Waals surface area (Å²) in [5.74, 6) is -0.209. The predicted octanol–water partition coefficient (Wildman–Crippen LogP) is 4.06. The van der Waals surface area contributed by atoms with Gasteiger partial charge in [-0.25, -0.2) is 4.79 Å². The smallest absolute Gasteiger partial charge is 0.319 e. The Labute approximate surface area is 132 Å². The van der Waals surface area contributed by atoms with Crippen molar-refractivity contribution in [2.24, 2.45) is 0 Å². The van der Waals surface area contributed by atoms with E-state index in [1.54, 1.807) is 0 Å². The van der Waals surface area contributed by atoms with E-state index in [9.17, 15) is 9.90 Å². The maximum Gasteiger partial charge on any atom is 0.319 e. The Morgan fingerprint density at radius 1 is 1.14 bits per heavy atom. The number of hydrogen-bond acceptors (Lipinski definition) is 2. The van der Waals surface area contributed by atoms with Crippen molar-refractivity contribution in [3.8, 4) is 5.75 Å². The fraction of sp³-hybridized carbons (Fsp3) is 0.133. The van der Waals surface area contributed by atoms with Crippen molar-refractivity contribution in [2.75, 3.05) is 11.9 Å². The molecule has 0 aliphatic heterocycles. The van der Waals surface area contributed by atoms with Crippen LogP contribution in [0.4, 0.5) is 10.5 Å². The zero-order chi connectivity index (χ0) is 15.2. The first-order valence-electron chi connectivity index (χ1n) is 6.33. The molecule has 0 aliphatic carbocycles. The molecule has 3 N–H and O–H groups in total. The van der Waals surface area contributed by atoms with Gasteiger partial charge in [-0.15, -0.1) is 0 Å². The van der Waals surface area contributed by atoms with Crippen molar-refractivity contribution < 1.29 is 9.90 Å². The first kappa shape index (κ1) is 15.5. The molecule has 6 heteroatoms. The van der Waals surface area contributed by atoms with Gasteiger partial charge in [-0.05, 0) is 24.1 Å². The predicted molar refractivity (Wildman–Crippen MR) is 85.3 cm³/mol. The number of halogens is 2. The molecule has 110 valence electrons. The average Bonchev–Trinajstić information content (AvgIpc) is 2.45. The summed E-state index contributed by atoms with van der Waals surface area (Å²) in [6.45, 7) is 0.477. The molecule has 0 bridgehead atoms. The zero-order valence-corrected chi connectivity index (χ0v) is 12.6. The Morgan fingerprint density at radius 2 is 1.86 bits per heavy atom. The first-order valence-corrected chi connectivity index (χ1v) is 7.08. The summed E-state index contributed by atoms with van der Waals surface area (Å²) < 4.78 is 0. The number of amides is 2. The summed E-state index contributed by atoms with van der Waals surface area (Å²) in [7, 11) is 0. The third-order valence-corrected chi connectivity index (χ3v) is 3.32. The summed E-state index contributed by atoms with van der Waals surface area (Å²) in [6, 6.07) is 12.2. The number of phenols is 1. The monoisotopic (exact) mass is 324 g/mol. The van der Waals surface area contributed by atoms with E-state index in [0.29, 0.717) is 11.6 Å². The molecule has 4 nitrogen and oxygen atoms in total. The number of hydrogen-bond donors (Lipinski definition) is 3. The van der Waals surface area contributed by atoms with Crippen molar-refractivity contribution in [1.82, 2.24) is 5.32 Å². The summed E-state index contributed by atoms with van der Waals surface area (Å²) in [4.78, 5) is 11.8. The topological polar surface area (TPSA) is 61.4 Å². The highest BCUT2D eigenvalue weighted by atomic mass is 35.5. The van der Waals surface area contributed by atoms with Crippen LogP contribution < -0.4 is 10.6 Å². The normalized spacial score (nSPS) is 10.2. The van der Waals surface area contributed by atoms with Gasteiger partial charge >= 0.3 is 6.03 Å². The lowest BCUT2D eigenvalue weighted by atomic mass is 10.1. The number of urea groups is 1. The van der Waals surface area contributed by atoms with Crippen LogP contribution in [0, 0.1) is 0 Å². The number of aromatic hydroxyl groups is 1. The zero-order valence-electron chi connectivity index (χ0n) is 11.1. The highest BCUT2D eigenvalue weighted by Gasteiger charge is 2.10. The van der Waals surface area contributed by atoms with E-state index in [-0.39, 0.29) is 16.5 Å². The Kier molecular flexibility index (Phi) is 5.31. The molecular weight excluding hydrogens is 311 g/mol. The van der Waals surface area contributed by atoms with Crippen molar-refractivity contribution in [2.45, 2.75) is 6.42 Å². The van der Waals surface area contributed by atoms with Crippen molar-refractivity contribution in [3.63, 3.8) is 0 Å². The van der Waals surface area contributed by atoms with Crippen LogP contribution in [0.2, 0.25) is 10.0 Å². The van der Waals surface area contributed by atoms with Crippen LogP contribution in [0.5, 0.6) is 5.75 Å². The molecule has 0 radical (unpaired) electrons. The van der Waals surface area contributed by atoms with Crippen LogP contribution in [0.1, 0.15) is 5.56 Å². The number of rotatable bonds is 4. The van der Waals surface area contributed by atoms with Gasteiger partial charge in [0.25, 0.3) is 0 Å². The largest absolute Gasteiger partial charge is 0.504 e. The molecule has 0 saturated carbocycles. The van der Waals surface area contributed by atoms with E-state index >= 15 is 0 Å². The van der Waals surface area contributed by atoms with E-state index in [1.807, 2.05) is 30.3 Å². The van der Waals surface area contributed by atoms with Gasteiger partial charge in [0.1, 0.15) is 0 Å². The minimum Gasteiger partial charge on any atom is -0.504 e. The van der Waals surface area contributed by atoms with E-state index in [2.05, 4.69) is 10.6 Å². The quantitative estimate of drug-likeness (QED) is 0.742. The third-order valence-electron chi connectivity index (χ3n) is 2.82. The molecule has 2 aromatic carbocycles. The number of nitrogens with one attached hydrogen (secondary N) is 2. The Hall–Kier alpha value is -1.91. The molecule has 2 aromatic rings. The number of carbonyl (C=O) groups is 1. The van der Waals surface area contributed by atoms with Gasteiger partial charge in [0.2, 0.25) is 0 Å². The molecule has 2 amide bonds. The fourth-order valence-corrected chi connectivity index (χ4v) is 2.29. The van der Waals surface area contributed by atoms with Gasteiger partial charge in [0.05, 0.1) is 10.7 Å². The van der Waals surface area contributed by atoms with Crippen LogP contribution >= 0.6 is 23.2 Å². The lowest BCUT2D eigenvalue weighted by Gasteiger charge is -2.10. The molecule has 0 aromatic heterocycles. The summed E-state index contributed by atoms with van der Waals surface area (Å²) in [6.07, 6.45) is 0.719. The maximum atomic E-state index is 11.8. The van der Waals surface area contributed by atoms with Gasteiger partial charge < -0.3 is 15.7 Å². The summed E-state index contributed by atoms with van der Waals surface area (Å²) in [5.41, 5.74) is 1.30. The van der Waals surface area contributed by atoms with Crippen molar-refractivity contribution >= 4 is 34.9 Å². The molecule has 0 heterocycles. The number of benzene rings is 2. The molecule has 2 rings (SSSR count). The van der Waals surface area contributed by atoms with Gasteiger partial charge in [0, 0.05) is 11.6 Å². The summed E-state index contributed by atoms with van der Waals surface area (Å²) >= 11 is 11.6. The minimum absolute atomic E-state index is 0.0853. The lowest BCUT2D eigenvalue weighted by molar-refractivity contribution is 0.252. The number of phenolic OH excluding ortho intramolecular Hbond substituents is 1. The molecule has 0 spiro atoms. The molecule has 0 unspecified atom stereocenters. The van der Waals surface area contributed by atoms with Crippen LogP contribution in [0.3, 0.4) is 0 Å². The van der Waals surface area contributed by atoms with E-state index in [4.69, 9.17) is 23.2 Å². The Balaban J connectivity index is 1.88. The second kappa shape index (κ2) is 7.20. The van der Waals surface area contributed by atoms with Gasteiger partial charge in [-0.1, -0.05) is 53.5 Å². The Morgan fingerprint density at radius 3 is 2.57 bits per heavy atom. The van der Waals surface area contributed by atoms with Crippen LogP contribution in [-0.4, -0.2) is 17.7 Å². The van der Waals surface area contributed by atoms with Gasteiger partial charge in [-0.3, -0.25) is 0 Å².